The molecule has 3 aromatic carbocycles. The van der Waals surface area contributed by atoms with Gasteiger partial charge in [0.2, 0.25) is 0 Å². The van der Waals surface area contributed by atoms with Crippen LogP contribution in [0.5, 0.6) is 0 Å². The summed E-state index contributed by atoms with van der Waals surface area (Å²) < 4.78 is 5.71. The molecule has 0 aliphatic heterocycles. The predicted octanol–water partition coefficient (Wildman–Crippen LogP) is 4.01. The quantitative estimate of drug-likeness (QED) is 0.636. The first-order valence-electron chi connectivity index (χ1n) is 7.72. The van der Waals surface area contributed by atoms with Crippen LogP contribution in [0.2, 0.25) is 0 Å². The standard InChI is InChI=1S/C20H21ClOP/c1-22-17-23(21,18-11-5-2-6-12-18,19-13-7-3-8-14-19)20-15-9-4-10-16-20/h2-16,23H,17H2,1H3/q-1. The SMILES string of the molecule is COC[PH-](Cl)(c1ccccc1)(c1ccccc1)c1ccccc1. The Bertz CT molecular complexity index is 660. The van der Waals surface area contributed by atoms with E-state index in [0.717, 1.165) is 15.9 Å². The number of hydrogen-bond acceptors (Lipinski definition) is 1. The molecule has 1 nitrogen and oxygen atoms in total. The Hall–Kier alpha value is -1.66. The topological polar surface area (TPSA) is 9.23 Å². The molecule has 0 aromatic heterocycles. The number of rotatable bonds is 5. The fourth-order valence-corrected chi connectivity index (χ4v) is 9.54. The van der Waals surface area contributed by atoms with Gasteiger partial charge in [0.15, 0.2) is 0 Å². The van der Waals surface area contributed by atoms with E-state index in [2.05, 4.69) is 36.4 Å². The molecule has 0 bridgehead atoms. The van der Waals surface area contributed by atoms with Gasteiger partial charge in [-0.3, -0.25) is 0 Å². The molecule has 0 amide bonds. The van der Waals surface area contributed by atoms with Crippen LogP contribution in [0.1, 0.15) is 0 Å². The molecule has 0 saturated carbocycles. The minimum atomic E-state index is -3.50. The summed E-state index contributed by atoms with van der Waals surface area (Å²) >= 11 is 7.70. The molecule has 0 saturated heterocycles. The Balaban J connectivity index is 2.41. The van der Waals surface area contributed by atoms with Gasteiger partial charge in [-0.2, -0.15) is 0 Å². The van der Waals surface area contributed by atoms with Crippen molar-refractivity contribution in [1.29, 1.82) is 0 Å². The normalized spacial score (nSPS) is 13.2. The van der Waals surface area contributed by atoms with Crippen LogP contribution in [0.4, 0.5) is 0 Å². The zero-order chi connectivity index (χ0) is 16.2. The number of ether oxygens (including phenoxy) is 1. The van der Waals surface area contributed by atoms with Gasteiger partial charge in [-0.25, -0.2) is 0 Å². The fraction of sp³-hybridized carbons (Fsp3) is 0.100. The van der Waals surface area contributed by atoms with Gasteiger partial charge in [-0.05, 0) is 0 Å². The molecule has 0 atom stereocenters. The van der Waals surface area contributed by atoms with Crippen molar-refractivity contribution in [2.75, 3.05) is 13.5 Å². The molecule has 0 unspecified atom stereocenters. The van der Waals surface area contributed by atoms with E-state index >= 15 is 0 Å². The average molecular weight is 344 g/mol. The molecule has 0 aliphatic carbocycles. The Morgan fingerprint density at radius 3 is 1.22 bits per heavy atom. The zero-order valence-corrected chi connectivity index (χ0v) is 14.9. The molecule has 23 heavy (non-hydrogen) atoms. The summed E-state index contributed by atoms with van der Waals surface area (Å²) in [4.78, 5) is 0. The van der Waals surface area contributed by atoms with Crippen LogP contribution < -0.4 is 15.9 Å². The van der Waals surface area contributed by atoms with Crippen molar-refractivity contribution in [2.45, 2.75) is 0 Å². The van der Waals surface area contributed by atoms with E-state index in [-0.39, 0.29) is 0 Å². The zero-order valence-electron chi connectivity index (χ0n) is 13.2. The van der Waals surface area contributed by atoms with Crippen molar-refractivity contribution in [3.05, 3.63) is 91.0 Å². The van der Waals surface area contributed by atoms with Gasteiger partial charge in [0.05, 0.1) is 0 Å². The molecular weight excluding hydrogens is 323 g/mol. The molecule has 0 spiro atoms. The predicted molar refractivity (Wildman–Crippen MR) is 104 cm³/mol. The number of methoxy groups -OCH3 is 1. The van der Waals surface area contributed by atoms with Crippen molar-refractivity contribution < 1.29 is 4.74 Å². The van der Waals surface area contributed by atoms with E-state index in [4.69, 9.17) is 16.0 Å². The van der Waals surface area contributed by atoms with Crippen molar-refractivity contribution in [2.24, 2.45) is 0 Å². The first kappa shape index (κ1) is 16.2. The molecule has 0 fully saturated rings. The number of halogens is 1. The summed E-state index contributed by atoms with van der Waals surface area (Å²) in [5.41, 5.74) is 0. The Morgan fingerprint density at radius 1 is 0.652 bits per heavy atom. The van der Waals surface area contributed by atoms with Crippen molar-refractivity contribution in [3.63, 3.8) is 0 Å². The first-order valence-corrected chi connectivity index (χ1v) is 11.4. The van der Waals surface area contributed by atoms with E-state index in [0.29, 0.717) is 6.35 Å². The van der Waals surface area contributed by atoms with E-state index in [1.165, 1.54) is 0 Å². The van der Waals surface area contributed by atoms with Gasteiger partial charge in [0.1, 0.15) is 0 Å². The Morgan fingerprint density at radius 2 is 0.957 bits per heavy atom. The summed E-state index contributed by atoms with van der Waals surface area (Å²) in [7, 11) is 1.73. The van der Waals surface area contributed by atoms with Gasteiger partial charge in [0.25, 0.3) is 0 Å². The molecular formula is C20H21ClOP-. The third kappa shape index (κ3) is 2.60. The monoisotopic (exact) mass is 343 g/mol. The summed E-state index contributed by atoms with van der Waals surface area (Å²) in [6, 6.07) is 31.1. The molecule has 0 radical (unpaired) electrons. The molecule has 0 aliphatic rings. The van der Waals surface area contributed by atoms with E-state index in [1.54, 1.807) is 7.11 Å². The van der Waals surface area contributed by atoms with Crippen molar-refractivity contribution >= 4 is 33.1 Å². The van der Waals surface area contributed by atoms with E-state index in [1.807, 2.05) is 54.6 Å². The van der Waals surface area contributed by atoms with Gasteiger partial charge in [-0.1, -0.05) is 0 Å². The maximum atomic E-state index is 7.70. The third-order valence-corrected chi connectivity index (χ3v) is 12.3. The van der Waals surface area contributed by atoms with Crippen LogP contribution >= 0.6 is 17.2 Å². The second-order valence-electron chi connectivity index (χ2n) is 5.85. The number of hydrogen-bond donors (Lipinski definition) is 0. The van der Waals surface area contributed by atoms with Crippen LogP contribution in [0.15, 0.2) is 91.0 Å². The molecule has 3 aromatic rings. The van der Waals surface area contributed by atoms with Crippen molar-refractivity contribution in [1.82, 2.24) is 0 Å². The molecule has 120 valence electrons. The second kappa shape index (κ2) is 6.45. The van der Waals surface area contributed by atoms with Gasteiger partial charge < -0.3 is 0 Å². The molecule has 0 N–H and O–H groups in total. The van der Waals surface area contributed by atoms with Gasteiger partial charge in [-0.15, -0.1) is 0 Å². The number of benzene rings is 3. The van der Waals surface area contributed by atoms with E-state index < -0.39 is 5.96 Å². The third-order valence-electron chi connectivity index (χ3n) is 4.54. The maximum absolute atomic E-state index is 7.70. The summed E-state index contributed by atoms with van der Waals surface area (Å²) in [5.74, 6) is -3.50. The van der Waals surface area contributed by atoms with Gasteiger partial charge >= 0.3 is 142 Å². The van der Waals surface area contributed by atoms with Crippen LogP contribution in [0.3, 0.4) is 0 Å². The summed E-state index contributed by atoms with van der Waals surface area (Å²) in [5, 5.41) is 3.44. The van der Waals surface area contributed by atoms with Crippen molar-refractivity contribution in [3.8, 4) is 0 Å². The Kier molecular flexibility index (Phi) is 4.55. The molecule has 3 heteroatoms. The average Bonchev–Trinajstić information content (AvgIpc) is 2.64. The fourth-order valence-electron chi connectivity index (χ4n) is 3.38. The molecule has 0 heterocycles. The summed E-state index contributed by atoms with van der Waals surface area (Å²) in [6.45, 7) is 0. The minimum absolute atomic E-state index is 0.486. The van der Waals surface area contributed by atoms with Crippen LogP contribution in [-0.2, 0) is 4.74 Å². The van der Waals surface area contributed by atoms with Gasteiger partial charge in [0, 0.05) is 0 Å². The first-order chi connectivity index (χ1) is 11.2. The van der Waals surface area contributed by atoms with Crippen LogP contribution in [0.25, 0.3) is 0 Å². The molecule has 3 rings (SSSR count). The Labute approximate surface area is 142 Å². The van der Waals surface area contributed by atoms with Crippen LogP contribution in [-0.4, -0.2) is 13.5 Å². The van der Waals surface area contributed by atoms with Crippen LogP contribution in [0, 0.1) is 0 Å². The summed E-state index contributed by atoms with van der Waals surface area (Å²) in [6.07, 6.45) is 0.486. The second-order valence-corrected chi connectivity index (χ2v) is 13.0. The van der Waals surface area contributed by atoms with E-state index in [9.17, 15) is 0 Å².